The Morgan fingerprint density at radius 2 is 1.89 bits per heavy atom. The van der Waals surface area contributed by atoms with Gasteiger partial charge in [0, 0.05) is 32.7 Å². The van der Waals surface area contributed by atoms with E-state index in [0.717, 1.165) is 76.5 Å². The molecule has 1 atom stereocenters. The van der Waals surface area contributed by atoms with Crippen molar-refractivity contribution < 1.29 is 9.15 Å². The van der Waals surface area contributed by atoms with Crippen LogP contribution in [0.4, 0.5) is 0 Å². The van der Waals surface area contributed by atoms with Gasteiger partial charge in [-0.25, -0.2) is 0 Å². The van der Waals surface area contributed by atoms with Gasteiger partial charge in [0.05, 0.1) is 25.8 Å². The van der Waals surface area contributed by atoms with Crippen LogP contribution in [0.1, 0.15) is 37.3 Å². The highest BCUT2D eigenvalue weighted by Crippen LogP contribution is 2.26. The number of guanidine groups is 1. The Morgan fingerprint density at radius 1 is 1.14 bits per heavy atom. The third-order valence-electron chi connectivity index (χ3n) is 5.26. The van der Waals surface area contributed by atoms with Gasteiger partial charge in [-0.2, -0.15) is 0 Å². The highest BCUT2D eigenvalue weighted by molar-refractivity contribution is 14.0. The number of furan rings is 1. The molecule has 160 valence electrons. The maximum Gasteiger partial charge on any atom is 0.191 e. The molecule has 0 aromatic carbocycles. The molecule has 0 amide bonds. The van der Waals surface area contributed by atoms with Crippen molar-refractivity contribution in [3.8, 4) is 0 Å². The molecular formula is C20H36IN5O2. The summed E-state index contributed by atoms with van der Waals surface area (Å²) in [6, 6.07) is 4.37. The molecule has 1 aromatic heterocycles. The van der Waals surface area contributed by atoms with E-state index < -0.39 is 0 Å². The molecular weight excluding hydrogens is 469 g/mol. The minimum atomic E-state index is 0. The summed E-state index contributed by atoms with van der Waals surface area (Å²) in [4.78, 5) is 9.80. The molecule has 1 unspecified atom stereocenters. The van der Waals surface area contributed by atoms with E-state index in [2.05, 4.69) is 33.4 Å². The molecule has 0 spiro atoms. The first kappa shape index (κ1) is 23.4. The summed E-state index contributed by atoms with van der Waals surface area (Å²) in [5.74, 6) is 2.88. The van der Waals surface area contributed by atoms with Gasteiger partial charge in [0.2, 0.25) is 0 Å². The van der Waals surface area contributed by atoms with Crippen molar-refractivity contribution in [3.63, 3.8) is 0 Å². The molecule has 2 N–H and O–H groups in total. The predicted octanol–water partition coefficient (Wildman–Crippen LogP) is 2.23. The Morgan fingerprint density at radius 3 is 2.54 bits per heavy atom. The predicted molar refractivity (Wildman–Crippen MR) is 124 cm³/mol. The van der Waals surface area contributed by atoms with Gasteiger partial charge in [-0.3, -0.25) is 14.8 Å². The number of halogens is 1. The number of rotatable bonds is 8. The standard InChI is InChI=1S/C20H35N5O2.HI/c1-3-21-20(22-8-11-24-12-14-26-15-13-24)23-16-18(25-9-4-5-10-25)19-7-6-17(2)27-19;/h6-7,18H,3-5,8-16H2,1-2H3,(H2,21,22,23);1H. The average molecular weight is 505 g/mol. The van der Waals surface area contributed by atoms with Crippen LogP contribution >= 0.6 is 24.0 Å². The number of likely N-dealkylation sites (tertiary alicyclic amines) is 1. The van der Waals surface area contributed by atoms with Crippen LogP contribution in [-0.2, 0) is 4.74 Å². The summed E-state index contributed by atoms with van der Waals surface area (Å²) in [5.41, 5.74) is 0. The summed E-state index contributed by atoms with van der Waals surface area (Å²) < 4.78 is 11.4. The highest BCUT2D eigenvalue weighted by atomic mass is 127. The van der Waals surface area contributed by atoms with E-state index in [1.165, 1.54) is 12.8 Å². The highest BCUT2D eigenvalue weighted by Gasteiger charge is 2.25. The van der Waals surface area contributed by atoms with Crippen LogP contribution < -0.4 is 10.6 Å². The van der Waals surface area contributed by atoms with E-state index in [1.54, 1.807) is 0 Å². The van der Waals surface area contributed by atoms with Crippen LogP contribution in [0.5, 0.6) is 0 Å². The second-order valence-corrected chi connectivity index (χ2v) is 7.31. The number of aliphatic imine (C=N–C) groups is 1. The van der Waals surface area contributed by atoms with E-state index in [9.17, 15) is 0 Å². The second kappa shape index (κ2) is 12.7. The molecule has 0 bridgehead atoms. The SMILES string of the molecule is CCNC(=NCC(c1ccc(C)o1)N1CCCC1)NCCN1CCOCC1.I. The average Bonchev–Trinajstić information content (AvgIpc) is 3.35. The van der Waals surface area contributed by atoms with Crippen LogP contribution in [-0.4, -0.2) is 81.3 Å². The Kier molecular flexibility index (Phi) is 10.6. The summed E-state index contributed by atoms with van der Waals surface area (Å²) >= 11 is 0. The van der Waals surface area contributed by atoms with Gasteiger partial charge in [0.1, 0.15) is 11.5 Å². The van der Waals surface area contributed by atoms with Crippen molar-refractivity contribution in [2.45, 2.75) is 32.7 Å². The quantitative estimate of drug-likeness (QED) is 0.321. The lowest BCUT2D eigenvalue weighted by molar-refractivity contribution is 0.0389. The maximum atomic E-state index is 5.94. The lowest BCUT2D eigenvalue weighted by atomic mass is 10.2. The topological polar surface area (TPSA) is 65.3 Å². The van der Waals surface area contributed by atoms with Crippen LogP contribution in [0.2, 0.25) is 0 Å². The largest absolute Gasteiger partial charge is 0.465 e. The summed E-state index contributed by atoms with van der Waals surface area (Å²) in [5, 5.41) is 6.85. The molecule has 2 saturated heterocycles. The van der Waals surface area contributed by atoms with Crippen LogP contribution in [0.3, 0.4) is 0 Å². The van der Waals surface area contributed by atoms with Crippen molar-refractivity contribution in [2.24, 2.45) is 4.99 Å². The molecule has 2 aliphatic rings. The van der Waals surface area contributed by atoms with Crippen LogP contribution in [0.25, 0.3) is 0 Å². The van der Waals surface area contributed by atoms with Gasteiger partial charge in [0.15, 0.2) is 5.96 Å². The minimum absolute atomic E-state index is 0. The van der Waals surface area contributed by atoms with Crippen molar-refractivity contribution in [2.75, 3.05) is 65.6 Å². The molecule has 0 saturated carbocycles. The number of ether oxygens (including phenoxy) is 1. The summed E-state index contributed by atoms with van der Waals surface area (Å²) in [6.45, 7) is 13.6. The third-order valence-corrected chi connectivity index (χ3v) is 5.26. The first-order valence-corrected chi connectivity index (χ1v) is 10.4. The van der Waals surface area contributed by atoms with E-state index in [0.29, 0.717) is 6.54 Å². The molecule has 0 radical (unpaired) electrons. The zero-order valence-corrected chi connectivity index (χ0v) is 19.6. The number of nitrogens with zero attached hydrogens (tertiary/aromatic N) is 3. The summed E-state index contributed by atoms with van der Waals surface area (Å²) in [6.07, 6.45) is 2.52. The first-order chi connectivity index (χ1) is 13.3. The zero-order chi connectivity index (χ0) is 18.9. The van der Waals surface area contributed by atoms with E-state index in [1.807, 2.05) is 13.0 Å². The number of morpholine rings is 1. The van der Waals surface area contributed by atoms with Crippen LogP contribution in [0.15, 0.2) is 21.5 Å². The van der Waals surface area contributed by atoms with Crippen LogP contribution in [0, 0.1) is 6.92 Å². The zero-order valence-electron chi connectivity index (χ0n) is 17.3. The number of aryl methyl sites for hydroxylation is 1. The number of nitrogens with one attached hydrogen (secondary N) is 2. The van der Waals surface area contributed by atoms with E-state index in [4.69, 9.17) is 14.1 Å². The Balaban J connectivity index is 0.00000280. The summed E-state index contributed by atoms with van der Waals surface area (Å²) in [7, 11) is 0. The number of hydrogen-bond donors (Lipinski definition) is 2. The molecule has 2 fully saturated rings. The molecule has 7 nitrogen and oxygen atoms in total. The fourth-order valence-corrected chi connectivity index (χ4v) is 3.75. The molecule has 0 aliphatic carbocycles. The van der Waals surface area contributed by atoms with Gasteiger partial charge in [-0.05, 0) is 51.9 Å². The lowest BCUT2D eigenvalue weighted by Crippen LogP contribution is -2.44. The van der Waals surface area contributed by atoms with Gasteiger partial charge in [-0.15, -0.1) is 24.0 Å². The third kappa shape index (κ3) is 7.20. The molecule has 8 heteroatoms. The monoisotopic (exact) mass is 505 g/mol. The molecule has 3 rings (SSSR count). The van der Waals surface area contributed by atoms with Crippen molar-refractivity contribution in [1.82, 2.24) is 20.4 Å². The molecule has 1 aromatic rings. The van der Waals surface area contributed by atoms with Gasteiger partial charge in [-0.1, -0.05) is 0 Å². The molecule has 28 heavy (non-hydrogen) atoms. The Hall–Kier alpha value is -0.840. The number of hydrogen-bond acceptors (Lipinski definition) is 5. The van der Waals surface area contributed by atoms with Crippen molar-refractivity contribution in [3.05, 3.63) is 23.7 Å². The molecule has 3 heterocycles. The van der Waals surface area contributed by atoms with Gasteiger partial charge >= 0.3 is 0 Å². The smallest absolute Gasteiger partial charge is 0.191 e. The van der Waals surface area contributed by atoms with Gasteiger partial charge < -0.3 is 19.8 Å². The Labute approximate surface area is 186 Å². The van der Waals surface area contributed by atoms with Crippen molar-refractivity contribution >= 4 is 29.9 Å². The second-order valence-electron chi connectivity index (χ2n) is 7.31. The first-order valence-electron chi connectivity index (χ1n) is 10.4. The normalized spacial score (nSPS) is 20.0. The minimum Gasteiger partial charge on any atom is -0.465 e. The van der Waals surface area contributed by atoms with E-state index in [-0.39, 0.29) is 30.0 Å². The lowest BCUT2D eigenvalue weighted by Gasteiger charge is -2.27. The molecule has 2 aliphatic heterocycles. The fourth-order valence-electron chi connectivity index (χ4n) is 3.75. The van der Waals surface area contributed by atoms with Crippen molar-refractivity contribution in [1.29, 1.82) is 0 Å². The van der Waals surface area contributed by atoms with Gasteiger partial charge in [0.25, 0.3) is 0 Å². The van der Waals surface area contributed by atoms with E-state index >= 15 is 0 Å². The Bertz CT molecular complexity index is 583. The maximum absolute atomic E-state index is 5.94. The fraction of sp³-hybridized carbons (Fsp3) is 0.750.